The summed E-state index contributed by atoms with van der Waals surface area (Å²) in [6.07, 6.45) is 3.23. The van der Waals surface area contributed by atoms with E-state index in [2.05, 4.69) is 15.5 Å². The van der Waals surface area contributed by atoms with E-state index in [1.54, 1.807) is 12.1 Å². The van der Waals surface area contributed by atoms with Crippen LogP contribution in [0.1, 0.15) is 33.0 Å². The number of hydrogen-bond donors (Lipinski definition) is 2. The van der Waals surface area contributed by atoms with Crippen LogP contribution in [-0.2, 0) is 6.42 Å². The molecule has 0 saturated carbocycles. The molecule has 7 heteroatoms. The van der Waals surface area contributed by atoms with Gasteiger partial charge in [0.1, 0.15) is 5.82 Å². The van der Waals surface area contributed by atoms with E-state index in [1.807, 2.05) is 28.8 Å². The molecule has 0 bridgehead atoms. The lowest BCUT2D eigenvalue weighted by Gasteiger charge is -2.07. The number of carbonyl (C=O) groups excluding carboxylic acids is 1. The maximum absolute atomic E-state index is 12.1. The number of fused-ring (bicyclic) bond motifs is 1. The number of benzene rings is 1. The van der Waals surface area contributed by atoms with E-state index < -0.39 is 5.97 Å². The summed E-state index contributed by atoms with van der Waals surface area (Å²) >= 11 is 0. The van der Waals surface area contributed by atoms with E-state index in [0.717, 1.165) is 11.5 Å². The molecule has 2 N–H and O–H groups in total. The van der Waals surface area contributed by atoms with Crippen LogP contribution in [0.4, 0.5) is 0 Å². The van der Waals surface area contributed by atoms with Crippen molar-refractivity contribution in [2.75, 3.05) is 6.54 Å². The van der Waals surface area contributed by atoms with Crippen molar-refractivity contribution in [1.29, 1.82) is 0 Å². The minimum absolute atomic E-state index is 0.00143. The SMILES string of the molecule is O=C(O)c1ccccc1C(=O)NCCCc1nnc2ccccn12. The highest BCUT2D eigenvalue weighted by atomic mass is 16.4. The molecule has 0 unspecified atom stereocenters. The van der Waals surface area contributed by atoms with E-state index in [9.17, 15) is 9.59 Å². The third-order valence-corrected chi connectivity index (χ3v) is 3.65. The van der Waals surface area contributed by atoms with E-state index in [1.165, 1.54) is 12.1 Å². The van der Waals surface area contributed by atoms with Crippen LogP contribution in [0.25, 0.3) is 5.65 Å². The van der Waals surface area contributed by atoms with Crippen LogP contribution in [0.3, 0.4) is 0 Å². The average molecular weight is 324 g/mol. The molecular weight excluding hydrogens is 308 g/mol. The lowest BCUT2D eigenvalue weighted by Crippen LogP contribution is -2.26. The van der Waals surface area contributed by atoms with Crippen molar-refractivity contribution in [3.8, 4) is 0 Å². The van der Waals surface area contributed by atoms with Gasteiger partial charge in [-0.1, -0.05) is 18.2 Å². The van der Waals surface area contributed by atoms with Gasteiger partial charge in [0.05, 0.1) is 11.1 Å². The summed E-state index contributed by atoms with van der Waals surface area (Å²) in [4.78, 5) is 23.3. The number of hydrogen-bond acceptors (Lipinski definition) is 4. The van der Waals surface area contributed by atoms with Crippen LogP contribution in [0, 0.1) is 0 Å². The van der Waals surface area contributed by atoms with Gasteiger partial charge in [-0.2, -0.15) is 0 Å². The highest BCUT2D eigenvalue weighted by Crippen LogP contribution is 2.09. The molecule has 0 spiro atoms. The maximum Gasteiger partial charge on any atom is 0.336 e. The molecule has 0 aliphatic carbocycles. The summed E-state index contributed by atoms with van der Waals surface area (Å²) < 4.78 is 1.90. The Labute approximate surface area is 138 Å². The Morgan fingerprint density at radius 3 is 2.58 bits per heavy atom. The summed E-state index contributed by atoms with van der Waals surface area (Å²) in [6, 6.07) is 11.8. The van der Waals surface area contributed by atoms with E-state index in [4.69, 9.17) is 5.11 Å². The van der Waals surface area contributed by atoms with Crippen LogP contribution >= 0.6 is 0 Å². The number of rotatable bonds is 6. The first-order valence-corrected chi connectivity index (χ1v) is 7.56. The third-order valence-electron chi connectivity index (χ3n) is 3.65. The molecular formula is C17H16N4O3. The van der Waals surface area contributed by atoms with Crippen molar-refractivity contribution >= 4 is 17.5 Å². The fraction of sp³-hybridized carbons (Fsp3) is 0.176. The molecule has 3 aromatic rings. The van der Waals surface area contributed by atoms with Gasteiger partial charge in [-0.15, -0.1) is 10.2 Å². The summed E-state index contributed by atoms with van der Waals surface area (Å²) in [7, 11) is 0. The number of carboxylic acids is 1. The maximum atomic E-state index is 12.1. The van der Waals surface area contributed by atoms with Gasteiger partial charge >= 0.3 is 5.97 Å². The molecule has 0 aliphatic rings. The highest BCUT2D eigenvalue weighted by molar-refractivity contribution is 6.04. The zero-order chi connectivity index (χ0) is 16.9. The third kappa shape index (κ3) is 3.24. The normalized spacial score (nSPS) is 10.7. The Bertz CT molecular complexity index is 888. The number of aryl methyl sites for hydroxylation is 1. The molecule has 1 aromatic carbocycles. The summed E-state index contributed by atoms with van der Waals surface area (Å²) in [5.74, 6) is -0.680. The van der Waals surface area contributed by atoms with Gasteiger partial charge in [0.15, 0.2) is 5.65 Å². The monoisotopic (exact) mass is 324 g/mol. The number of aromatic carboxylic acids is 1. The summed E-state index contributed by atoms with van der Waals surface area (Å²) in [5, 5.41) is 20.1. The predicted molar refractivity (Wildman–Crippen MR) is 87.0 cm³/mol. The van der Waals surface area contributed by atoms with E-state index in [-0.39, 0.29) is 17.0 Å². The summed E-state index contributed by atoms with van der Waals surface area (Å²) in [6.45, 7) is 0.425. The zero-order valence-electron chi connectivity index (χ0n) is 12.8. The van der Waals surface area contributed by atoms with Crippen LogP contribution in [-0.4, -0.2) is 38.1 Å². The molecule has 1 amide bonds. The molecule has 0 radical (unpaired) electrons. The molecule has 0 fully saturated rings. The van der Waals surface area contributed by atoms with Crippen molar-refractivity contribution in [1.82, 2.24) is 19.9 Å². The molecule has 0 atom stereocenters. The second-order valence-corrected chi connectivity index (χ2v) is 5.26. The number of pyridine rings is 1. The largest absolute Gasteiger partial charge is 0.478 e. The van der Waals surface area contributed by atoms with Gasteiger partial charge in [-0.3, -0.25) is 9.20 Å². The fourth-order valence-corrected chi connectivity index (χ4v) is 2.47. The molecule has 2 aromatic heterocycles. The second kappa shape index (κ2) is 6.91. The van der Waals surface area contributed by atoms with Crippen LogP contribution < -0.4 is 5.32 Å². The average Bonchev–Trinajstić information content (AvgIpc) is 3.01. The summed E-state index contributed by atoms with van der Waals surface area (Å²) in [5.41, 5.74) is 0.947. The Morgan fingerprint density at radius 2 is 1.79 bits per heavy atom. The number of amides is 1. The molecule has 24 heavy (non-hydrogen) atoms. The van der Waals surface area contributed by atoms with Crippen molar-refractivity contribution in [2.45, 2.75) is 12.8 Å². The number of carbonyl (C=O) groups is 2. The molecule has 0 aliphatic heterocycles. The lowest BCUT2D eigenvalue weighted by atomic mass is 10.1. The van der Waals surface area contributed by atoms with Gasteiger partial charge in [0.25, 0.3) is 5.91 Å². The molecule has 0 saturated heterocycles. The Hall–Kier alpha value is -3.22. The number of nitrogens with zero attached hydrogens (tertiary/aromatic N) is 3. The van der Waals surface area contributed by atoms with Gasteiger partial charge in [-0.25, -0.2) is 4.79 Å². The number of aromatic nitrogens is 3. The van der Waals surface area contributed by atoms with Crippen LogP contribution in [0.15, 0.2) is 48.7 Å². The van der Waals surface area contributed by atoms with Crippen molar-refractivity contribution in [2.24, 2.45) is 0 Å². The Balaban J connectivity index is 1.57. The molecule has 3 rings (SSSR count). The van der Waals surface area contributed by atoms with Gasteiger partial charge < -0.3 is 10.4 Å². The van der Waals surface area contributed by atoms with E-state index >= 15 is 0 Å². The number of nitrogens with one attached hydrogen (secondary N) is 1. The van der Waals surface area contributed by atoms with Crippen molar-refractivity contribution in [3.63, 3.8) is 0 Å². The quantitative estimate of drug-likeness (QED) is 0.674. The van der Waals surface area contributed by atoms with Crippen LogP contribution in [0.2, 0.25) is 0 Å². The minimum atomic E-state index is -1.12. The van der Waals surface area contributed by atoms with Gasteiger partial charge in [0, 0.05) is 19.2 Å². The predicted octanol–water partition coefficient (Wildman–Crippen LogP) is 1.79. The first-order chi connectivity index (χ1) is 11.7. The van der Waals surface area contributed by atoms with E-state index in [0.29, 0.717) is 19.4 Å². The van der Waals surface area contributed by atoms with Gasteiger partial charge in [-0.05, 0) is 30.7 Å². The second-order valence-electron chi connectivity index (χ2n) is 5.26. The first kappa shape index (κ1) is 15.7. The molecule has 2 heterocycles. The Morgan fingerprint density at radius 1 is 1.04 bits per heavy atom. The highest BCUT2D eigenvalue weighted by Gasteiger charge is 2.15. The van der Waals surface area contributed by atoms with Crippen molar-refractivity contribution in [3.05, 3.63) is 65.6 Å². The Kier molecular flexibility index (Phi) is 4.51. The topological polar surface area (TPSA) is 96.6 Å². The smallest absolute Gasteiger partial charge is 0.336 e. The molecule has 122 valence electrons. The fourth-order valence-electron chi connectivity index (χ4n) is 2.47. The van der Waals surface area contributed by atoms with Crippen molar-refractivity contribution < 1.29 is 14.7 Å². The minimum Gasteiger partial charge on any atom is -0.478 e. The molecule has 7 nitrogen and oxygen atoms in total. The number of carboxylic acid groups (broad SMARTS) is 1. The standard InChI is InChI=1S/C17H16N4O3/c22-16(12-6-1-2-7-13(12)17(23)24)18-10-5-9-15-20-19-14-8-3-4-11-21(14)15/h1-4,6-8,11H,5,9-10H2,(H,18,22)(H,23,24). The lowest BCUT2D eigenvalue weighted by molar-refractivity contribution is 0.0691. The first-order valence-electron chi connectivity index (χ1n) is 7.56. The van der Waals surface area contributed by atoms with Crippen LogP contribution in [0.5, 0.6) is 0 Å². The zero-order valence-corrected chi connectivity index (χ0v) is 12.8. The van der Waals surface area contributed by atoms with Gasteiger partial charge in [0.2, 0.25) is 0 Å².